The molecular weight excluding hydrogens is 200 g/mol. The van der Waals surface area contributed by atoms with E-state index in [4.69, 9.17) is 4.74 Å². The maximum absolute atomic E-state index is 11.4. The molecule has 0 N–H and O–H groups in total. The van der Waals surface area contributed by atoms with Crippen LogP contribution >= 0.6 is 0 Å². The number of unbranched alkanes of at least 4 members (excludes halogenated alkanes) is 4. The van der Waals surface area contributed by atoms with E-state index in [0.29, 0.717) is 18.9 Å². The molecule has 16 heavy (non-hydrogen) atoms. The molecule has 0 fully saturated rings. The Bertz CT molecular complexity index is 166. The van der Waals surface area contributed by atoms with Gasteiger partial charge in [-0.1, -0.05) is 52.9 Å². The topological polar surface area (TPSA) is 26.3 Å². The minimum Gasteiger partial charge on any atom is -0.465 e. The molecule has 0 aromatic rings. The molecule has 0 radical (unpaired) electrons. The smallest absolute Gasteiger partial charge is 0.305 e. The van der Waals surface area contributed by atoms with Gasteiger partial charge in [-0.25, -0.2) is 0 Å². The van der Waals surface area contributed by atoms with Crippen molar-refractivity contribution >= 4 is 5.97 Å². The largest absolute Gasteiger partial charge is 0.465 e. The second-order valence-corrected chi connectivity index (χ2v) is 4.74. The predicted molar refractivity (Wildman–Crippen MR) is 68.4 cm³/mol. The summed E-state index contributed by atoms with van der Waals surface area (Å²) in [6.45, 7) is 7.12. The quantitative estimate of drug-likeness (QED) is 0.411. The molecule has 2 nitrogen and oxygen atoms in total. The van der Waals surface area contributed by atoms with E-state index in [0.717, 1.165) is 12.8 Å². The lowest BCUT2D eigenvalue weighted by Gasteiger charge is -2.11. The summed E-state index contributed by atoms with van der Waals surface area (Å²) in [6, 6.07) is 0. The summed E-state index contributed by atoms with van der Waals surface area (Å²) in [5.41, 5.74) is 0. The molecule has 0 bridgehead atoms. The molecule has 1 unspecified atom stereocenters. The molecule has 96 valence electrons. The lowest BCUT2D eigenvalue weighted by Crippen LogP contribution is -2.11. The first kappa shape index (κ1) is 15.5. The highest BCUT2D eigenvalue weighted by molar-refractivity contribution is 5.69. The summed E-state index contributed by atoms with van der Waals surface area (Å²) in [7, 11) is 0. The van der Waals surface area contributed by atoms with E-state index in [1.165, 1.54) is 32.1 Å². The minimum absolute atomic E-state index is 0.0144. The van der Waals surface area contributed by atoms with E-state index >= 15 is 0 Å². The van der Waals surface area contributed by atoms with Crippen molar-refractivity contribution < 1.29 is 9.53 Å². The third-order valence-corrected chi connectivity index (χ3v) is 2.81. The average Bonchev–Trinajstić information content (AvgIpc) is 2.29. The summed E-state index contributed by atoms with van der Waals surface area (Å²) in [5, 5.41) is 0. The SMILES string of the molecule is CCCCCCC(=O)OCC(C)CCCC. The lowest BCUT2D eigenvalue weighted by molar-refractivity contribution is -0.145. The summed E-state index contributed by atoms with van der Waals surface area (Å²) < 4.78 is 5.24. The van der Waals surface area contributed by atoms with Gasteiger partial charge in [-0.05, 0) is 18.8 Å². The third-order valence-electron chi connectivity index (χ3n) is 2.81. The standard InChI is InChI=1S/C14H28O2/c1-4-6-8-9-11-14(15)16-12-13(3)10-7-5-2/h13H,4-12H2,1-3H3. The van der Waals surface area contributed by atoms with Crippen LogP contribution in [0, 0.1) is 5.92 Å². The normalized spacial score (nSPS) is 12.4. The molecule has 0 saturated heterocycles. The lowest BCUT2D eigenvalue weighted by atomic mass is 10.1. The van der Waals surface area contributed by atoms with Gasteiger partial charge in [-0.3, -0.25) is 4.79 Å². The Morgan fingerprint density at radius 1 is 1.06 bits per heavy atom. The van der Waals surface area contributed by atoms with Crippen LogP contribution in [0.3, 0.4) is 0 Å². The second kappa shape index (κ2) is 11.0. The zero-order valence-corrected chi connectivity index (χ0v) is 11.3. The van der Waals surface area contributed by atoms with Crippen molar-refractivity contribution in [2.24, 2.45) is 5.92 Å². The molecular formula is C14H28O2. The molecule has 0 aliphatic carbocycles. The van der Waals surface area contributed by atoms with Crippen molar-refractivity contribution in [3.63, 3.8) is 0 Å². The first-order valence-electron chi connectivity index (χ1n) is 6.86. The molecule has 0 saturated carbocycles. The van der Waals surface area contributed by atoms with Crippen LogP contribution in [-0.2, 0) is 9.53 Å². The van der Waals surface area contributed by atoms with Crippen molar-refractivity contribution in [2.45, 2.75) is 72.1 Å². The number of carbonyl (C=O) groups excluding carboxylic acids is 1. The number of hydrogen-bond acceptors (Lipinski definition) is 2. The van der Waals surface area contributed by atoms with Gasteiger partial charge in [-0.2, -0.15) is 0 Å². The van der Waals surface area contributed by atoms with Gasteiger partial charge in [0.1, 0.15) is 0 Å². The van der Waals surface area contributed by atoms with Crippen LogP contribution in [0.25, 0.3) is 0 Å². The number of ether oxygens (including phenoxy) is 1. The van der Waals surface area contributed by atoms with Gasteiger partial charge in [0.25, 0.3) is 0 Å². The Labute approximate surface area is 101 Å². The Hall–Kier alpha value is -0.530. The van der Waals surface area contributed by atoms with Gasteiger partial charge in [0.2, 0.25) is 0 Å². The van der Waals surface area contributed by atoms with Gasteiger partial charge in [0.05, 0.1) is 6.61 Å². The Morgan fingerprint density at radius 2 is 1.75 bits per heavy atom. The van der Waals surface area contributed by atoms with E-state index in [9.17, 15) is 4.79 Å². The van der Waals surface area contributed by atoms with E-state index in [2.05, 4.69) is 20.8 Å². The van der Waals surface area contributed by atoms with Crippen molar-refractivity contribution in [1.82, 2.24) is 0 Å². The van der Waals surface area contributed by atoms with Crippen molar-refractivity contribution in [1.29, 1.82) is 0 Å². The molecule has 0 rings (SSSR count). The van der Waals surface area contributed by atoms with Gasteiger partial charge < -0.3 is 4.74 Å². The van der Waals surface area contributed by atoms with Gasteiger partial charge in [0.15, 0.2) is 0 Å². The Kier molecular flexibility index (Phi) is 10.6. The summed E-state index contributed by atoms with van der Waals surface area (Å²) >= 11 is 0. The fraction of sp³-hybridized carbons (Fsp3) is 0.929. The fourth-order valence-electron chi connectivity index (χ4n) is 1.64. The molecule has 0 heterocycles. The van der Waals surface area contributed by atoms with Crippen LogP contribution in [0.1, 0.15) is 72.1 Å². The van der Waals surface area contributed by atoms with E-state index in [1.54, 1.807) is 0 Å². The highest BCUT2D eigenvalue weighted by atomic mass is 16.5. The number of esters is 1. The van der Waals surface area contributed by atoms with E-state index < -0.39 is 0 Å². The molecule has 0 aromatic carbocycles. The molecule has 0 aliphatic heterocycles. The molecule has 0 amide bonds. The first-order valence-corrected chi connectivity index (χ1v) is 6.86. The Balaban J connectivity index is 3.35. The van der Waals surface area contributed by atoms with Crippen LogP contribution in [-0.4, -0.2) is 12.6 Å². The first-order chi connectivity index (χ1) is 7.70. The van der Waals surface area contributed by atoms with Gasteiger partial charge >= 0.3 is 5.97 Å². The maximum Gasteiger partial charge on any atom is 0.305 e. The molecule has 0 aliphatic rings. The summed E-state index contributed by atoms with van der Waals surface area (Å²) in [5.74, 6) is 0.499. The minimum atomic E-state index is -0.0144. The second-order valence-electron chi connectivity index (χ2n) is 4.74. The average molecular weight is 228 g/mol. The van der Waals surface area contributed by atoms with Gasteiger partial charge in [0, 0.05) is 6.42 Å². The summed E-state index contributed by atoms with van der Waals surface area (Å²) in [4.78, 5) is 11.4. The van der Waals surface area contributed by atoms with E-state index in [-0.39, 0.29) is 5.97 Å². The van der Waals surface area contributed by atoms with Crippen molar-refractivity contribution in [3.8, 4) is 0 Å². The monoisotopic (exact) mass is 228 g/mol. The van der Waals surface area contributed by atoms with Crippen LogP contribution in [0.5, 0.6) is 0 Å². The molecule has 2 heteroatoms. The van der Waals surface area contributed by atoms with Crippen LogP contribution in [0.4, 0.5) is 0 Å². The maximum atomic E-state index is 11.4. The van der Waals surface area contributed by atoms with Crippen molar-refractivity contribution in [3.05, 3.63) is 0 Å². The molecule has 1 atom stereocenters. The highest BCUT2D eigenvalue weighted by Gasteiger charge is 2.06. The van der Waals surface area contributed by atoms with E-state index in [1.807, 2.05) is 0 Å². The fourth-order valence-corrected chi connectivity index (χ4v) is 1.64. The zero-order valence-electron chi connectivity index (χ0n) is 11.3. The van der Waals surface area contributed by atoms with Crippen LogP contribution in [0.15, 0.2) is 0 Å². The predicted octanol–water partition coefficient (Wildman–Crippen LogP) is 4.33. The van der Waals surface area contributed by atoms with Crippen LogP contribution in [0.2, 0.25) is 0 Å². The third kappa shape index (κ3) is 10.0. The van der Waals surface area contributed by atoms with Gasteiger partial charge in [-0.15, -0.1) is 0 Å². The zero-order chi connectivity index (χ0) is 12.2. The summed E-state index contributed by atoms with van der Waals surface area (Å²) in [6.07, 6.45) is 8.78. The molecule has 0 aromatic heterocycles. The molecule has 0 spiro atoms. The van der Waals surface area contributed by atoms with Crippen LogP contribution < -0.4 is 0 Å². The highest BCUT2D eigenvalue weighted by Crippen LogP contribution is 2.09. The number of carbonyl (C=O) groups is 1. The number of rotatable bonds is 10. The van der Waals surface area contributed by atoms with Crippen molar-refractivity contribution in [2.75, 3.05) is 6.61 Å². The number of hydrogen-bond donors (Lipinski definition) is 0. The Morgan fingerprint density at radius 3 is 2.38 bits per heavy atom.